The smallest absolute Gasteiger partial charge is 0.292 e. The van der Waals surface area contributed by atoms with Gasteiger partial charge in [0.1, 0.15) is 5.75 Å². The number of pyridine rings is 1. The van der Waals surface area contributed by atoms with Gasteiger partial charge in [-0.15, -0.1) is 0 Å². The Hall–Kier alpha value is -2.23. The number of ether oxygens (including phenoxy) is 2. The zero-order valence-corrected chi connectivity index (χ0v) is 12.5. The molecule has 0 bridgehead atoms. The second-order valence-electron chi connectivity index (χ2n) is 4.82. The molecule has 112 valence electrons. The molecule has 0 spiro atoms. The molecule has 4 nitrogen and oxygen atoms in total. The zero-order valence-electron chi connectivity index (χ0n) is 12.5. The van der Waals surface area contributed by atoms with Gasteiger partial charge in [0.25, 0.3) is 5.56 Å². The molecule has 1 heterocycles. The van der Waals surface area contributed by atoms with Crippen LogP contribution in [0.5, 0.6) is 11.5 Å². The van der Waals surface area contributed by atoms with Crippen LogP contribution in [0.4, 0.5) is 0 Å². The van der Waals surface area contributed by atoms with Crippen LogP contribution >= 0.6 is 0 Å². The first-order chi connectivity index (χ1) is 10.2. The van der Waals surface area contributed by atoms with E-state index < -0.39 is 0 Å². The first-order valence-electron chi connectivity index (χ1n) is 7.22. The van der Waals surface area contributed by atoms with Gasteiger partial charge >= 0.3 is 0 Å². The topological polar surface area (TPSA) is 40.5 Å². The Labute approximate surface area is 124 Å². The van der Waals surface area contributed by atoms with Gasteiger partial charge in [0, 0.05) is 12.7 Å². The van der Waals surface area contributed by atoms with Crippen LogP contribution in [-0.4, -0.2) is 17.8 Å². The highest BCUT2D eigenvalue weighted by Gasteiger charge is 2.03. The average Bonchev–Trinajstić information content (AvgIpc) is 2.47. The van der Waals surface area contributed by atoms with Crippen molar-refractivity contribution in [1.29, 1.82) is 0 Å². The van der Waals surface area contributed by atoms with Crippen molar-refractivity contribution in [1.82, 2.24) is 4.57 Å². The molecule has 2 aromatic rings. The van der Waals surface area contributed by atoms with Gasteiger partial charge in [-0.1, -0.05) is 12.1 Å². The molecule has 0 saturated heterocycles. The fourth-order valence-corrected chi connectivity index (χ4v) is 2.09. The molecule has 0 aliphatic rings. The molecule has 0 unspecified atom stereocenters. The SMILES string of the molecule is CCOc1cccn(CCCOc2cccc(C)c2)c1=O. The lowest BCUT2D eigenvalue weighted by molar-refractivity contribution is 0.298. The van der Waals surface area contributed by atoms with E-state index in [0.717, 1.165) is 12.2 Å². The minimum Gasteiger partial charge on any atom is -0.494 e. The molecule has 1 aromatic heterocycles. The van der Waals surface area contributed by atoms with E-state index >= 15 is 0 Å². The van der Waals surface area contributed by atoms with Crippen LogP contribution in [0.25, 0.3) is 0 Å². The fourth-order valence-electron chi connectivity index (χ4n) is 2.09. The van der Waals surface area contributed by atoms with Crippen molar-refractivity contribution in [3.63, 3.8) is 0 Å². The lowest BCUT2D eigenvalue weighted by Gasteiger charge is -2.09. The quantitative estimate of drug-likeness (QED) is 0.735. The maximum atomic E-state index is 12.1. The Morgan fingerprint density at radius 2 is 2.00 bits per heavy atom. The van der Waals surface area contributed by atoms with E-state index in [1.807, 2.05) is 44.2 Å². The summed E-state index contributed by atoms with van der Waals surface area (Å²) in [6, 6.07) is 11.5. The Morgan fingerprint density at radius 3 is 2.76 bits per heavy atom. The maximum absolute atomic E-state index is 12.1. The van der Waals surface area contributed by atoms with E-state index in [1.54, 1.807) is 16.8 Å². The second kappa shape index (κ2) is 7.53. The molecule has 0 radical (unpaired) electrons. The first kappa shape index (κ1) is 15.2. The van der Waals surface area contributed by atoms with Crippen molar-refractivity contribution in [2.24, 2.45) is 0 Å². The summed E-state index contributed by atoms with van der Waals surface area (Å²) in [5.74, 6) is 1.27. The Morgan fingerprint density at radius 1 is 1.14 bits per heavy atom. The summed E-state index contributed by atoms with van der Waals surface area (Å²) in [6.45, 7) is 5.59. The molecule has 0 N–H and O–H groups in total. The molecular formula is C17H21NO3. The Kier molecular flexibility index (Phi) is 5.43. The number of hydrogen-bond acceptors (Lipinski definition) is 3. The van der Waals surface area contributed by atoms with E-state index in [9.17, 15) is 4.79 Å². The highest BCUT2D eigenvalue weighted by Crippen LogP contribution is 2.12. The lowest BCUT2D eigenvalue weighted by Crippen LogP contribution is -2.22. The third-order valence-electron chi connectivity index (χ3n) is 3.09. The number of hydrogen-bond donors (Lipinski definition) is 0. The number of aromatic nitrogens is 1. The van der Waals surface area contributed by atoms with Crippen molar-refractivity contribution in [3.05, 3.63) is 58.5 Å². The Balaban J connectivity index is 1.86. The molecule has 0 fully saturated rings. The summed E-state index contributed by atoms with van der Waals surface area (Å²) in [6.07, 6.45) is 2.54. The standard InChI is InChI=1S/C17H21NO3/c1-3-20-16-9-5-10-18(17(16)19)11-6-12-21-15-8-4-7-14(2)13-15/h4-5,7-10,13H,3,6,11-12H2,1-2H3. The maximum Gasteiger partial charge on any atom is 0.292 e. The van der Waals surface area contributed by atoms with Crippen molar-refractivity contribution in [2.45, 2.75) is 26.8 Å². The lowest BCUT2D eigenvalue weighted by atomic mass is 10.2. The number of benzene rings is 1. The van der Waals surface area contributed by atoms with Crippen LogP contribution in [0.1, 0.15) is 18.9 Å². The van der Waals surface area contributed by atoms with Crippen LogP contribution in [0.3, 0.4) is 0 Å². The van der Waals surface area contributed by atoms with E-state index in [-0.39, 0.29) is 5.56 Å². The minimum atomic E-state index is -0.0881. The molecule has 1 aromatic carbocycles. The second-order valence-corrected chi connectivity index (χ2v) is 4.82. The molecule has 0 atom stereocenters. The average molecular weight is 287 g/mol. The molecule has 0 saturated carbocycles. The molecule has 0 amide bonds. The van der Waals surface area contributed by atoms with Gasteiger partial charge in [0.05, 0.1) is 13.2 Å². The third kappa shape index (κ3) is 4.38. The van der Waals surface area contributed by atoms with Gasteiger partial charge in [-0.05, 0) is 50.1 Å². The molecule has 0 aliphatic carbocycles. The van der Waals surface area contributed by atoms with Crippen LogP contribution in [0, 0.1) is 6.92 Å². The predicted octanol–water partition coefficient (Wildman–Crippen LogP) is 3.02. The van der Waals surface area contributed by atoms with E-state index in [2.05, 4.69) is 0 Å². The van der Waals surface area contributed by atoms with Gasteiger partial charge in [-0.3, -0.25) is 4.79 Å². The predicted molar refractivity (Wildman–Crippen MR) is 83.2 cm³/mol. The first-order valence-corrected chi connectivity index (χ1v) is 7.22. The van der Waals surface area contributed by atoms with Crippen molar-refractivity contribution >= 4 is 0 Å². The van der Waals surface area contributed by atoms with Gasteiger partial charge in [0.15, 0.2) is 5.75 Å². The summed E-state index contributed by atoms with van der Waals surface area (Å²) in [7, 11) is 0. The van der Waals surface area contributed by atoms with E-state index in [0.29, 0.717) is 25.5 Å². The number of aryl methyl sites for hydroxylation is 2. The molecule has 0 aliphatic heterocycles. The van der Waals surface area contributed by atoms with Crippen LogP contribution in [0.2, 0.25) is 0 Å². The van der Waals surface area contributed by atoms with Crippen LogP contribution in [-0.2, 0) is 6.54 Å². The number of nitrogens with zero attached hydrogens (tertiary/aromatic N) is 1. The number of rotatable bonds is 7. The van der Waals surface area contributed by atoms with Gasteiger partial charge in [-0.2, -0.15) is 0 Å². The summed E-state index contributed by atoms with van der Waals surface area (Å²) >= 11 is 0. The molecule has 4 heteroatoms. The Bertz CT molecular complexity index is 634. The van der Waals surface area contributed by atoms with Gasteiger partial charge < -0.3 is 14.0 Å². The highest BCUT2D eigenvalue weighted by atomic mass is 16.5. The molecule has 21 heavy (non-hydrogen) atoms. The van der Waals surface area contributed by atoms with E-state index in [4.69, 9.17) is 9.47 Å². The summed E-state index contributed by atoms with van der Waals surface area (Å²) in [5, 5.41) is 0. The zero-order chi connectivity index (χ0) is 15.1. The van der Waals surface area contributed by atoms with E-state index in [1.165, 1.54) is 5.56 Å². The van der Waals surface area contributed by atoms with Crippen molar-refractivity contribution < 1.29 is 9.47 Å². The fraction of sp³-hybridized carbons (Fsp3) is 0.353. The third-order valence-corrected chi connectivity index (χ3v) is 3.09. The molecular weight excluding hydrogens is 266 g/mol. The van der Waals surface area contributed by atoms with Gasteiger partial charge in [0.2, 0.25) is 0 Å². The van der Waals surface area contributed by atoms with Crippen molar-refractivity contribution in [3.8, 4) is 11.5 Å². The minimum absolute atomic E-state index is 0.0881. The molecule has 2 rings (SSSR count). The summed E-state index contributed by atoms with van der Waals surface area (Å²) in [4.78, 5) is 12.1. The monoisotopic (exact) mass is 287 g/mol. The highest BCUT2D eigenvalue weighted by molar-refractivity contribution is 5.27. The van der Waals surface area contributed by atoms with Crippen LogP contribution < -0.4 is 15.0 Å². The van der Waals surface area contributed by atoms with Crippen LogP contribution in [0.15, 0.2) is 47.4 Å². The summed E-state index contributed by atoms with van der Waals surface area (Å²) in [5.41, 5.74) is 1.09. The normalized spacial score (nSPS) is 10.4. The van der Waals surface area contributed by atoms with Crippen molar-refractivity contribution in [2.75, 3.05) is 13.2 Å². The largest absolute Gasteiger partial charge is 0.494 e. The summed E-state index contributed by atoms with van der Waals surface area (Å²) < 4.78 is 12.6. The van der Waals surface area contributed by atoms with Gasteiger partial charge in [-0.25, -0.2) is 0 Å².